The Labute approximate surface area is 120 Å². The van der Waals surface area contributed by atoms with E-state index in [1.165, 1.54) is 17.4 Å². The number of rotatable bonds is 6. The van der Waals surface area contributed by atoms with Gasteiger partial charge in [-0.15, -0.1) is 22.7 Å². The Balaban J connectivity index is 2.01. The minimum atomic E-state index is -3.50. The van der Waals surface area contributed by atoms with Crippen LogP contribution in [0.2, 0.25) is 0 Å². The van der Waals surface area contributed by atoms with E-state index in [4.69, 9.17) is 5.11 Å². The number of aliphatic hydroxyl groups is 1. The highest BCUT2D eigenvalue weighted by Gasteiger charge is 2.18. The predicted molar refractivity (Wildman–Crippen MR) is 76.0 cm³/mol. The van der Waals surface area contributed by atoms with Gasteiger partial charge in [0, 0.05) is 28.9 Å². The SMILES string of the molecule is CC(CNS(=O)(=O)c1ccc(CO)s1)c1nccs1. The summed E-state index contributed by atoms with van der Waals surface area (Å²) in [4.78, 5) is 4.79. The molecular formula is C11H14N2O3S3. The van der Waals surface area contributed by atoms with E-state index < -0.39 is 10.0 Å². The first-order valence-corrected chi connectivity index (χ1v) is 8.79. The van der Waals surface area contributed by atoms with Crippen LogP contribution in [0.1, 0.15) is 22.7 Å². The maximum atomic E-state index is 12.0. The van der Waals surface area contributed by atoms with Gasteiger partial charge in [0.15, 0.2) is 0 Å². The summed E-state index contributed by atoms with van der Waals surface area (Å²) in [5, 5.41) is 11.7. The number of aliphatic hydroxyl groups excluding tert-OH is 1. The first-order chi connectivity index (χ1) is 9.03. The minimum absolute atomic E-state index is 0.0343. The third-order valence-electron chi connectivity index (χ3n) is 2.51. The van der Waals surface area contributed by atoms with Crippen LogP contribution in [0.25, 0.3) is 0 Å². The average Bonchev–Trinajstić information content (AvgIpc) is 3.06. The number of hydrogen-bond donors (Lipinski definition) is 2. The molecule has 2 heterocycles. The van der Waals surface area contributed by atoms with Crippen molar-refractivity contribution >= 4 is 32.7 Å². The van der Waals surface area contributed by atoms with E-state index in [1.807, 2.05) is 12.3 Å². The molecule has 0 bridgehead atoms. The highest BCUT2D eigenvalue weighted by molar-refractivity contribution is 7.91. The number of sulfonamides is 1. The topological polar surface area (TPSA) is 79.3 Å². The third-order valence-corrected chi connectivity index (χ3v) is 6.50. The van der Waals surface area contributed by atoms with E-state index in [-0.39, 0.29) is 16.7 Å². The quantitative estimate of drug-likeness (QED) is 0.851. The molecule has 1 atom stereocenters. The van der Waals surface area contributed by atoms with Gasteiger partial charge in [-0.3, -0.25) is 0 Å². The van der Waals surface area contributed by atoms with Gasteiger partial charge < -0.3 is 5.11 Å². The summed E-state index contributed by atoms with van der Waals surface area (Å²) in [6.07, 6.45) is 1.71. The number of thiophene rings is 1. The second-order valence-electron chi connectivity index (χ2n) is 4.00. The highest BCUT2D eigenvalue weighted by atomic mass is 32.2. The van der Waals surface area contributed by atoms with Crippen molar-refractivity contribution in [3.8, 4) is 0 Å². The molecule has 5 nitrogen and oxygen atoms in total. The molecule has 1 unspecified atom stereocenters. The second-order valence-corrected chi connectivity index (χ2v) is 8.09. The van der Waals surface area contributed by atoms with Crippen LogP contribution in [0, 0.1) is 0 Å². The normalized spacial score (nSPS) is 13.6. The lowest BCUT2D eigenvalue weighted by atomic mass is 10.2. The van der Waals surface area contributed by atoms with Gasteiger partial charge in [0.1, 0.15) is 4.21 Å². The Morgan fingerprint density at radius 1 is 1.47 bits per heavy atom. The van der Waals surface area contributed by atoms with Crippen LogP contribution in [0.3, 0.4) is 0 Å². The molecule has 0 saturated carbocycles. The molecule has 0 spiro atoms. The number of aromatic nitrogens is 1. The number of thiazole rings is 1. The first kappa shape index (κ1) is 14.6. The number of nitrogens with one attached hydrogen (secondary N) is 1. The standard InChI is InChI=1S/C11H14N2O3S3/c1-8(11-12-4-5-17-11)6-13-19(15,16)10-3-2-9(7-14)18-10/h2-5,8,13-14H,6-7H2,1H3. The molecule has 0 fully saturated rings. The average molecular weight is 318 g/mol. The van der Waals surface area contributed by atoms with Crippen LogP contribution >= 0.6 is 22.7 Å². The molecule has 104 valence electrons. The number of nitrogens with zero attached hydrogens (tertiary/aromatic N) is 1. The molecule has 0 aliphatic carbocycles. The Morgan fingerprint density at radius 3 is 2.84 bits per heavy atom. The fourth-order valence-corrected chi connectivity index (χ4v) is 4.55. The molecule has 0 aliphatic heterocycles. The molecule has 0 amide bonds. The lowest BCUT2D eigenvalue weighted by Crippen LogP contribution is -2.27. The van der Waals surface area contributed by atoms with Crippen molar-refractivity contribution in [2.75, 3.05) is 6.54 Å². The molecule has 0 aliphatic rings. The van der Waals surface area contributed by atoms with E-state index in [1.54, 1.807) is 12.3 Å². The van der Waals surface area contributed by atoms with E-state index >= 15 is 0 Å². The first-order valence-electron chi connectivity index (χ1n) is 5.61. The van der Waals surface area contributed by atoms with Gasteiger partial charge in [0.25, 0.3) is 0 Å². The fourth-order valence-electron chi connectivity index (χ4n) is 1.46. The van der Waals surface area contributed by atoms with E-state index in [9.17, 15) is 8.42 Å². The Hall–Kier alpha value is -0.800. The third kappa shape index (κ3) is 3.61. The minimum Gasteiger partial charge on any atom is -0.391 e. The summed E-state index contributed by atoms with van der Waals surface area (Å²) in [6, 6.07) is 3.12. The van der Waals surface area contributed by atoms with Gasteiger partial charge in [0.2, 0.25) is 10.0 Å². The maximum absolute atomic E-state index is 12.0. The van der Waals surface area contributed by atoms with Crippen molar-refractivity contribution in [2.45, 2.75) is 23.7 Å². The van der Waals surface area contributed by atoms with Crippen molar-refractivity contribution in [3.63, 3.8) is 0 Å². The maximum Gasteiger partial charge on any atom is 0.250 e. The van der Waals surface area contributed by atoms with Crippen molar-refractivity contribution < 1.29 is 13.5 Å². The molecule has 19 heavy (non-hydrogen) atoms. The van der Waals surface area contributed by atoms with Gasteiger partial charge in [-0.05, 0) is 12.1 Å². The van der Waals surface area contributed by atoms with E-state index in [0.717, 1.165) is 16.3 Å². The molecular weight excluding hydrogens is 304 g/mol. The van der Waals surface area contributed by atoms with Gasteiger partial charge >= 0.3 is 0 Å². The van der Waals surface area contributed by atoms with Crippen molar-refractivity contribution in [3.05, 3.63) is 33.6 Å². The summed E-state index contributed by atoms with van der Waals surface area (Å²) >= 11 is 2.58. The predicted octanol–water partition coefficient (Wildman–Crippen LogP) is 1.78. The summed E-state index contributed by atoms with van der Waals surface area (Å²) < 4.78 is 26.9. The fraction of sp³-hybridized carbons (Fsp3) is 0.364. The molecule has 2 aromatic rings. The zero-order valence-corrected chi connectivity index (χ0v) is 12.7. The van der Waals surface area contributed by atoms with E-state index in [0.29, 0.717) is 11.4 Å². The second kappa shape index (κ2) is 6.10. The zero-order chi connectivity index (χ0) is 13.9. The molecule has 8 heteroatoms. The molecule has 0 saturated heterocycles. The van der Waals surface area contributed by atoms with Crippen molar-refractivity contribution in [1.29, 1.82) is 0 Å². The van der Waals surface area contributed by atoms with Gasteiger partial charge in [-0.25, -0.2) is 18.1 Å². The molecule has 0 radical (unpaired) electrons. The van der Waals surface area contributed by atoms with Crippen LogP contribution < -0.4 is 4.72 Å². The van der Waals surface area contributed by atoms with Crippen molar-refractivity contribution in [2.24, 2.45) is 0 Å². The zero-order valence-electron chi connectivity index (χ0n) is 10.2. The smallest absolute Gasteiger partial charge is 0.250 e. The van der Waals surface area contributed by atoms with Gasteiger partial charge in [-0.2, -0.15) is 0 Å². The lowest BCUT2D eigenvalue weighted by molar-refractivity contribution is 0.285. The van der Waals surface area contributed by atoms with Crippen LogP contribution in [-0.2, 0) is 16.6 Å². The Kier molecular flexibility index (Phi) is 4.69. The summed E-state index contributed by atoms with van der Waals surface area (Å²) in [7, 11) is -3.50. The summed E-state index contributed by atoms with van der Waals surface area (Å²) in [5.41, 5.74) is 0. The monoisotopic (exact) mass is 318 g/mol. The largest absolute Gasteiger partial charge is 0.391 e. The number of hydrogen-bond acceptors (Lipinski definition) is 6. The van der Waals surface area contributed by atoms with Gasteiger partial charge in [0.05, 0.1) is 11.6 Å². The molecule has 0 aromatic carbocycles. The van der Waals surface area contributed by atoms with Gasteiger partial charge in [-0.1, -0.05) is 6.92 Å². The van der Waals surface area contributed by atoms with E-state index in [2.05, 4.69) is 9.71 Å². The molecule has 2 aromatic heterocycles. The van der Waals surface area contributed by atoms with Crippen LogP contribution in [0.15, 0.2) is 27.9 Å². The molecule has 2 N–H and O–H groups in total. The highest BCUT2D eigenvalue weighted by Crippen LogP contribution is 2.22. The Bertz CT molecular complexity index is 619. The van der Waals surface area contributed by atoms with Crippen LogP contribution in [0.5, 0.6) is 0 Å². The van der Waals surface area contributed by atoms with Crippen LogP contribution in [0.4, 0.5) is 0 Å². The lowest BCUT2D eigenvalue weighted by Gasteiger charge is -2.09. The van der Waals surface area contributed by atoms with Crippen molar-refractivity contribution in [1.82, 2.24) is 9.71 Å². The summed E-state index contributed by atoms with van der Waals surface area (Å²) in [5.74, 6) is 0.0343. The molecule has 2 rings (SSSR count). The summed E-state index contributed by atoms with van der Waals surface area (Å²) in [6.45, 7) is 2.09. The van der Waals surface area contributed by atoms with Crippen LogP contribution in [-0.4, -0.2) is 25.1 Å². The Morgan fingerprint density at radius 2 is 2.26 bits per heavy atom.